The van der Waals surface area contributed by atoms with Crippen molar-refractivity contribution >= 4 is 11.6 Å². The minimum atomic E-state index is 0.432. The molecule has 0 aromatic rings. The van der Waals surface area contributed by atoms with Crippen LogP contribution in [-0.4, -0.2) is 18.6 Å². The summed E-state index contributed by atoms with van der Waals surface area (Å²) in [4.78, 5) is 0. The van der Waals surface area contributed by atoms with Crippen LogP contribution in [0.15, 0.2) is 12.7 Å². The molecule has 0 unspecified atom stereocenters. The number of alkyl halides is 1. The summed E-state index contributed by atoms with van der Waals surface area (Å²) in [6, 6.07) is 0. The molecule has 1 aliphatic rings. The monoisotopic (exact) mass is 146 g/mol. The zero-order valence-electron chi connectivity index (χ0n) is 5.35. The van der Waals surface area contributed by atoms with Crippen LogP contribution in [0.25, 0.3) is 0 Å². The van der Waals surface area contributed by atoms with Crippen molar-refractivity contribution < 1.29 is 4.74 Å². The van der Waals surface area contributed by atoms with Gasteiger partial charge in [0.1, 0.15) is 0 Å². The van der Waals surface area contributed by atoms with Crippen molar-refractivity contribution in [2.24, 2.45) is 5.92 Å². The summed E-state index contributed by atoms with van der Waals surface area (Å²) in [6.45, 7) is 4.35. The van der Waals surface area contributed by atoms with E-state index in [0.717, 1.165) is 6.42 Å². The summed E-state index contributed by atoms with van der Waals surface area (Å²) in [5.74, 6) is 1.20. The number of rotatable bonds is 4. The van der Waals surface area contributed by atoms with Crippen LogP contribution in [0.1, 0.15) is 6.42 Å². The first kappa shape index (κ1) is 7.10. The van der Waals surface area contributed by atoms with E-state index < -0.39 is 0 Å². The van der Waals surface area contributed by atoms with E-state index in [2.05, 4.69) is 6.58 Å². The van der Waals surface area contributed by atoms with Crippen LogP contribution in [0.3, 0.4) is 0 Å². The smallest absolute Gasteiger partial charge is 0.0645 e. The zero-order valence-corrected chi connectivity index (χ0v) is 6.10. The summed E-state index contributed by atoms with van der Waals surface area (Å²) in [5.41, 5.74) is 0. The van der Waals surface area contributed by atoms with Crippen molar-refractivity contribution in [2.45, 2.75) is 12.5 Å². The second-order valence-electron chi connectivity index (χ2n) is 2.23. The van der Waals surface area contributed by atoms with E-state index in [4.69, 9.17) is 16.3 Å². The summed E-state index contributed by atoms with van der Waals surface area (Å²) < 4.78 is 5.30. The molecule has 2 heteroatoms. The molecule has 2 atom stereocenters. The molecule has 0 amide bonds. The molecule has 1 aliphatic carbocycles. The Morgan fingerprint density at radius 2 is 2.56 bits per heavy atom. The highest BCUT2D eigenvalue weighted by Gasteiger charge is 2.34. The van der Waals surface area contributed by atoms with Crippen LogP contribution in [0.4, 0.5) is 0 Å². The minimum Gasteiger partial charge on any atom is -0.376 e. The predicted octanol–water partition coefficient (Wildman–Crippen LogP) is 1.82. The second-order valence-corrected chi connectivity index (χ2v) is 2.61. The lowest BCUT2D eigenvalue weighted by Crippen LogP contribution is -1.98. The molecular weight excluding hydrogens is 136 g/mol. The number of ether oxygens (including phenoxy) is 1. The summed E-state index contributed by atoms with van der Waals surface area (Å²) in [5, 5.41) is 0. The lowest BCUT2D eigenvalue weighted by Gasteiger charge is -1.95. The van der Waals surface area contributed by atoms with E-state index in [9.17, 15) is 0 Å². The molecule has 0 aromatic carbocycles. The van der Waals surface area contributed by atoms with Gasteiger partial charge in [-0.25, -0.2) is 0 Å². The summed E-state index contributed by atoms with van der Waals surface area (Å²) in [7, 11) is 0. The largest absolute Gasteiger partial charge is 0.376 e. The van der Waals surface area contributed by atoms with Crippen molar-refractivity contribution in [1.29, 1.82) is 0 Å². The first-order chi connectivity index (χ1) is 4.38. The van der Waals surface area contributed by atoms with Gasteiger partial charge in [-0.3, -0.25) is 0 Å². The molecule has 0 bridgehead atoms. The molecule has 1 rings (SSSR count). The predicted molar refractivity (Wildman–Crippen MR) is 38.8 cm³/mol. The molecule has 0 saturated heterocycles. The average Bonchev–Trinajstić information content (AvgIpc) is 2.62. The van der Waals surface area contributed by atoms with Crippen molar-refractivity contribution in [3.8, 4) is 0 Å². The maximum absolute atomic E-state index is 5.41. The lowest BCUT2D eigenvalue weighted by molar-refractivity contribution is 0.127. The van der Waals surface area contributed by atoms with Gasteiger partial charge in [-0.2, -0.15) is 0 Å². The normalized spacial score (nSPS) is 32.1. The van der Waals surface area contributed by atoms with Gasteiger partial charge < -0.3 is 4.74 Å². The first-order valence-electron chi connectivity index (χ1n) is 3.18. The third-order valence-corrected chi connectivity index (χ3v) is 1.65. The highest BCUT2D eigenvalue weighted by Crippen LogP contribution is 2.34. The molecule has 0 aromatic heterocycles. The number of hydrogen-bond acceptors (Lipinski definition) is 1. The molecular formula is C7H11ClO. The van der Waals surface area contributed by atoms with Crippen LogP contribution in [0, 0.1) is 5.92 Å². The Bertz CT molecular complexity index is 103. The highest BCUT2D eigenvalue weighted by molar-refractivity contribution is 6.17. The van der Waals surface area contributed by atoms with Crippen LogP contribution < -0.4 is 0 Å². The van der Waals surface area contributed by atoms with Crippen molar-refractivity contribution in [2.75, 3.05) is 12.5 Å². The van der Waals surface area contributed by atoms with Crippen molar-refractivity contribution in [3.63, 3.8) is 0 Å². The Hall–Kier alpha value is -0.0100. The fraction of sp³-hybridized carbons (Fsp3) is 0.714. The second kappa shape index (κ2) is 3.23. The van der Waals surface area contributed by atoms with E-state index in [1.807, 2.05) is 6.08 Å². The molecule has 0 radical (unpaired) electrons. The molecule has 0 heterocycles. The van der Waals surface area contributed by atoms with E-state index in [-0.39, 0.29) is 0 Å². The summed E-state index contributed by atoms with van der Waals surface area (Å²) >= 11 is 5.41. The van der Waals surface area contributed by atoms with Gasteiger partial charge in [-0.1, -0.05) is 6.08 Å². The van der Waals surface area contributed by atoms with Gasteiger partial charge in [0.05, 0.1) is 12.7 Å². The maximum Gasteiger partial charge on any atom is 0.0645 e. The zero-order chi connectivity index (χ0) is 6.69. The van der Waals surface area contributed by atoms with Gasteiger partial charge >= 0.3 is 0 Å². The van der Waals surface area contributed by atoms with Gasteiger partial charge in [0, 0.05) is 11.8 Å². The number of halogens is 1. The van der Waals surface area contributed by atoms with E-state index in [1.165, 1.54) is 0 Å². The first-order valence-corrected chi connectivity index (χ1v) is 3.72. The van der Waals surface area contributed by atoms with Crippen molar-refractivity contribution in [3.05, 3.63) is 12.7 Å². The molecule has 0 spiro atoms. The number of hydrogen-bond donors (Lipinski definition) is 0. The van der Waals surface area contributed by atoms with Gasteiger partial charge in [0.25, 0.3) is 0 Å². The third-order valence-electron chi connectivity index (χ3n) is 1.49. The van der Waals surface area contributed by atoms with Crippen molar-refractivity contribution in [1.82, 2.24) is 0 Å². The molecule has 1 saturated carbocycles. The topological polar surface area (TPSA) is 9.23 Å². The quantitative estimate of drug-likeness (QED) is 0.434. The lowest BCUT2D eigenvalue weighted by atomic mass is 10.4. The molecule has 1 nitrogen and oxygen atoms in total. The Morgan fingerprint density at radius 3 is 3.00 bits per heavy atom. The minimum absolute atomic E-state index is 0.432. The standard InChI is InChI=1S/C7H11ClO/c1-2-6-5-7(6)9-4-3-8/h2,6-7H,1,3-5H2/t6-,7+/m1/s1. The fourth-order valence-electron chi connectivity index (χ4n) is 0.825. The van der Waals surface area contributed by atoms with Crippen LogP contribution in [0.2, 0.25) is 0 Å². The Kier molecular flexibility index (Phi) is 2.55. The van der Waals surface area contributed by atoms with Crippen LogP contribution in [0.5, 0.6) is 0 Å². The van der Waals surface area contributed by atoms with E-state index in [0.29, 0.717) is 24.5 Å². The Balaban J connectivity index is 1.98. The van der Waals surface area contributed by atoms with Gasteiger partial charge in [0.15, 0.2) is 0 Å². The molecule has 0 N–H and O–H groups in total. The Labute approximate surface area is 60.7 Å². The molecule has 0 aliphatic heterocycles. The van der Waals surface area contributed by atoms with Crippen LogP contribution in [-0.2, 0) is 4.74 Å². The molecule has 9 heavy (non-hydrogen) atoms. The SMILES string of the molecule is C=C[C@@H]1C[C@@H]1OCCCl. The Morgan fingerprint density at radius 1 is 1.78 bits per heavy atom. The molecule has 1 fully saturated rings. The van der Waals surface area contributed by atoms with Gasteiger partial charge in [-0.05, 0) is 6.42 Å². The van der Waals surface area contributed by atoms with Gasteiger partial charge in [-0.15, -0.1) is 18.2 Å². The van der Waals surface area contributed by atoms with Crippen LogP contribution >= 0.6 is 11.6 Å². The molecule has 52 valence electrons. The summed E-state index contributed by atoms with van der Waals surface area (Å²) in [6.07, 6.45) is 3.51. The van der Waals surface area contributed by atoms with E-state index in [1.54, 1.807) is 0 Å². The fourth-order valence-corrected chi connectivity index (χ4v) is 0.914. The average molecular weight is 147 g/mol. The van der Waals surface area contributed by atoms with E-state index >= 15 is 0 Å². The highest BCUT2D eigenvalue weighted by atomic mass is 35.5. The maximum atomic E-state index is 5.41. The van der Waals surface area contributed by atoms with Gasteiger partial charge in [0.2, 0.25) is 0 Å². The third kappa shape index (κ3) is 1.99.